The second-order valence-corrected chi connectivity index (χ2v) is 9.06. The molecular formula is C22H18ClF3N9O3S+. The third kappa shape index (κ3) is 6.66. The van der Waals surface area contributed by atoms with Crippen LogP contribution in [0.1, 0.15) is 16.2 Å². The van der Waals surface area contributed by atoms with Crippen molar-refractivity contribution in [1.82, 2.24) is 29.5 Å². The van der Waals surface area contributed by atoms with Gasteiger partial charge in [-0.1, -0.05) is 11.6 Å². The van der Waals surface area contributed by atoms with E-state index < -0.39 is 12.1 Å². The van der Waals surface area contributed by atoms with E-state index in [4.69, 9.17) is 21.5 Å². The predicted molar refractivity (Wildman–Crippen MR) is 136 cm³/mol. The molecule has 5 rings (SSSR count). The number of anilines is 3. The molecular weight excluding hydrogens is 563 g/mol. The highest BCUT2D eigenvalue weighted by atomic mass is 35.5. The molecule has 1 aromatic carbocycles. The Hall–Kier alpha value is -4.57. The third-order valence-corrected chi connectivity index (χ3v) is 5.95. The molecule has 1 amide bonds. The number of imidazole rings is 1. The number of aryl methyl sites for hydroxylation is 2. The lowest BCUT2D eigenvalue weighted by Gasteiger charge is -2.06. The van der Waals surface area contributed by atoms with Crippen molar-refractivity contribution in [3.63, 3.8) is 0 Å². The Labute approximate surface area is 226 Å². The number of aliphatic carboxylic acids is 1. The molecule has 0 aliphatic heterocycles. The molecule has 0 radical (unpaired) electrons. The van der Waals surface area contributed by atoms with Gasteiger partial charge in [-0.3, -0.25) is 9.89 Å². The molecule has 0 aliphatic carbocycles. The number of pyridine rings is 1. The summed E-state index contributed by atoms with van der Waals surface area (Å²) in [6.45, 7) is 1.85. The van der Waals surface area contributed by atoms with Crippen LogP contribution >= 0.6 is 23.1 Å². The monoisotopic (exact) mass is 580 g/mol. The van der Waals surface area contributed by atoms with Crippen molar-refractivity contribution in [1.29, 1.82) is 0 Å². The number of hydrogen-bond acceptors (Lipinski definition) is 8. The molecule has 39 heavy (non-hydrogen) atoms. The average Bonchev–Trinajstić information content (AvgIpc) is 3.61. The van der Waals surface area contributed by atoms with Gasteiger partial charge in [0.05, 0.1) is 29.5 Å². The maximum atomic E-state index is 12.5. The van der Waals surface area contributed by atoms with Crippen molar-refractivity contribution >= 4 is 62.4 Å². The van der Waals surface area contributed by atoms with E-state index in [-0.39, 0.29) is 5.91 Å². The second kappa shape index (κ2) is 11.0. The van der Waals surface area contributed by atoms with Gasteiger partial charge in [-0.15, -0.1) is 0 Å². The van der Waals surface area contributed by atoms with Crippen LogP contribution in [0.5, 0.6) is 0 Å². The van der Waals surface area contributed by atoms with Crippen LogP contribution in [0.3, 0.4) is 0 Å². The van der Waals surface area contributed by atoms with Crippen molar-refractivity contribution in [3.05, 3.63) is 59.4 Å². The molecule has 17 heteroatoms. The minimum atomic E-state index is -5.08. The Balaban J connectivity index is 0.000000448. The third-order valence-electron chi connectivity index (χ3n) is 4.91. The van der Waals surface area contributed by atoms with Gasteiger partial charge in [0.2, 0.25) is 17.2 Å². The molecule has 0 fully saturated rings. The number of H-pyrrole nitrogens is 2. The van der Waals surface area contributed by atoms with Gasteiger partial charge in [-0.2, -0.15) is 27.6 Å². The number of carboxylic acid groups (broad SMARTS) is 1. The zero-order valence-electron chi connectivity index (χ0n) is 20.0. The summed E-state index contributed by atoms with van der Waals surface area (Å²) in [5, 5.41) is 22.0. The highest BCUT2D eigenvalue weighted by molar-refractivity contribution is 7.10. The number of carboxylic acids is 1. The summed E-state index contributed by atoms with van der Waals surface area (Å²) >= 11 is 7.67. The number of alkyl halides is 3. The maximum Gasteiger partial charge on any atom is 0.490 e. The van der Waals surface area contributed by atoms with Gasteiger partial charge in [0.25, 0.3) is 5.91 Å². The summed E-state index contributed by atoms with van der Waals surface area (Å²) in [6.07, 6.45) is -0.00720. The topological polar surface area (TPSA) is 165 Å². The number of carbonyl (C=O) groups is 2. The van der Waals surface area contributed by atoms with E-state index in [1.807, 2.05) is 26.1 Å². The first-order valence-electron chi connectivity index (χ1n) is 10.8. The molecule has 0 saturated carbocycles. The number of rotatable bonds is 5. The largest absolute Gasteiger partial charge is 0.490 e. The fraction of sp³-hybridized carbons (Fsp3) is 0.136. The predicted octanol–water partition coefficient (Wildman–Crippen LogP) is 4.22. The van der Waals surface area contributed by atoms with Crippen molar-refractivity contribution in [2.45, 2.75) is 13.1 Å². The molecule has 0 saturated heterocycles. The van der Waals surface area contributed by atoms with Crippen molar-refractivity contribution in [3.8, 4) is 11.5 Å². The summed E-state index contributed by atoms with van der Waals surface area (Å²) in [4.78, 5) is 33.3. The fourth-order valence-electron chi connectivity index (χ4n) is 3.20. The molecule has 5 N–H and O–H groups in total. The number of carbonyl (C=O) groups excluding carboxylic acids is 1. The van der Waals surface area contributed by atoms with Crippen LogP contribution in [0.15, 0.2) is 43.0 Å². The van der Waals surface area contributed by atoms with Crippen molar-refractivity contribution < 1.29 is 32.4 Å². The normalized spacial score (nSPS) is 11.1. The van der Waals surface area contributed by atoms with Crippen LogP contribution in [0.2, 0.25) is 5.02 Å². The minimum absolute atomic E-state index is 0.250. The number of fused-ring (bicyclic) bond motifs is 1. The van der Waals surface area contributed by atoms with Crippen molar-refractivity contribution in [2.24, 2.45) is 7.05 Å². The molecule has 12 nitrogen and oxygen atoms in total. The Morgan fingerprint density at radius 3 is 2.62 bits per heavy atom. The van der Waals surface area contributed by atoms with Crippen LogP contribution < -0.4 is 15.2 Å². The Kier molecular flexibility index (Phi) is 7.78. The fourth-order valence-corrected chi connectivity index (χ4v) is 4.05. The number of halogens is 4. The van der Waals surface area contributed by atoms with Crippen LogP contribution in [0.4, 0.5) is 29.7 Å². The summed E-state index contributed by atoms with van der Waals surface area (Å²) in [7, 11) is 1.84. The lowest BCUT2D eigenvalue weighted by atomic mass is 10.2. The van der Waals surface area contributed by atoms with E-state index >= 15 is 0 Å². The van der Waals surface area contributed by atoms with Gasteiger partial charge >= 0.3 is 12.1 Å². The SMILES string of the molecule is Cc1cc(NC(=O)c2c[n+](C)c[nH]2)cc(-c2nsc(Nc3ccc4[nH]ncc4c3Cl)n2)n1.O=C(O)C(F)(F)F. The van der Waals surface area contributed by atoms with E-state index in [1.54, 1.807) is 35.4 Å². The van der Waals surface area contributed by atoms with E-state index in [1.165, 1.54) is 11.5 Å². The minimum Gasteiger partial charge on any atom is -0.475 e. The molecule has 5 aromatic rings. The summed E-state index contributed by atoms with van der Waals surface area (Å²) < 4.78 is 37.9. The molecule has 202 valence electrons. The van der Waals surface area contributed by atoms with Gasteiger partial charge in [0.1, 0.15) is 11.9 Å². The second-order valence-electron chi connectivity index (χ2n) is 7.93. The van der Waals surface area contributed by atoms with Crippen molar-refractivity contribution in [2.75, 3.05) is 10.6 Å². The first kappa shape index (κ1) is 27.5. The first-order valence-corrected chi connectivity index (χ1v) is 11.9. The molecule has 4 aromatic heterocycles. The summed E-state index contributed by atoms with van der Waals surface area (Å²) in [5.74, 6) is -2.56. The number of aromatic amines is 2. The number of benzene rings is 1. The van der Waals surface area contributed by atoms with Crippen LogP contribution in [-0.2, 0) is 11.8 Å². The molecule has 0 bridgehead atoms. The van der Waals surface area contributed by atoms with Gasteiger partial charge in [0.15, 0.2) is 5.82 Å². The Bertz CT molecular complexity index is 1670. The molecule has 4 heterocycles. The lowest BCUT2D eigenvalue weighted by Crippen LogP contribution is -2.23. The number of aromatic nitrogens is 7. The molecule has 0 unspecified atom stereocenters. The molecule has 0 aliphatic rings. The zero-order chi connectivity index (χ0) is 28.3. The van der Waals surface area contributed by atoms with Crippen LogP contribution in [-0.4, -0.2) is 52.7 Å². The Morgan fingerprint density at radius 1 is 1.21 bits per heavy atom. The van der Waals surface area contributed by atoms with E-state index in [9.17, 15) is 18.0 Å². The highest BCUT2D eigenvalue weighted by Gasteiger charge is 2.38. The number of hydrogen-bond donors (Lipinski definition) is 5. The van der Waals surface area contributed by atoms with Gasteiger partial charge < -0.3 is 15.7 Å². The number of nitrogens with one attached hydrogen (secondary N) is 4. The summed E-state index contributed by atoms with van der Waals surface area (Å²) in [6, 6.07) is 7.27. The number of nitrogens with zero attached hydrogens (tertiary/aromatic N) is 5. The van der Waals surface area contributed by atoms with E-state index in [0.717, 1.165) is 16.6 Å². The van der Waals surface area contributed by atoms with E-state index in [2.05, 4.69) is 40.2 Å². The first-order chi connectivity index (χ1) is 18.4. The van der Waals surface area contributed by atoms with E-state index in [0.29, 0.717) is 38.7 Å². The van der Waals surface area contributed by atoms with Gasteiger partial charge in [-0.25, -0.2) is 19.3 Å². The lowest BCUT2D eigenvalue weighted by molar-refractivity contribution is -0.670. The van der Waals surface area contributed by atoms with Gasteiger partial charge in [0, 0.05) is 28.3 Å². The number of amides is 1. The maximum absolute atomic E-state index is 12.5. The Morgan fingerprint density at radius 2 is 1.95 bits per heavy atom. The van der Waals surface area contributed by atoms with Crippen LogP contribution in [0, 0.1) is 6.92 Å². The summed E-state index contributed by atoms with van der Waals surface area (Å²) in [5.41, 5.74) is 3.89. The standard InChI is InChI=1S/C20H16ClN9OS.C2HF3O2/c1-10-5-11(25-19(31)16-8-30(2)9-22-16)6-15(24-10)18-27-20(32-29-18)26-14-4-3-13-12(17(14)21)7-23-28-13;3-2(4,5)1(6)7/h3-9H,1-2H3,(H3,23,24,25,26,27,28,29,31);(H,6,7)/p+1. The molecule has 0 atom stereocenters. The van der Waals surface area contributed by atoms with Gasteiger partial charge in [-0.05, 0) is 31.2 Å². The molecule has 0 spiro atoms. The smallest absolute Gasteiger partial charge is 0.475 e. The quantitative estimate of drug-likeness (QED) is 0.193. The highest BCUT2D eigenvalue weighted by Crippen LogP contribution is 2.33. The zero-order valence-corrected chi connectivity index (χ0v) is 21.5. The van der Waals surface area contributed by atoms with Crippen LogP contribution in [0.25, 0.3) is 22.4 Å². The average molecular weight is 581 g/mol.